The van der Waals surface area contributed by atoms with E-state index in [1.54, 1.807) is 6.20 Å². The number of likely N-dealkylation sites (tertiary alicyclic amines) is 1. The van der Waals surface area contributed by atoms with Crippen molar-refractivity contribution < 1.29 is 4.79 Å². The number of nitriles is 1. The zero-order valence-electron chi connectivity index (χ0n) is 22.8. The van der Waals surface area contributed by atoms with Crippen LogP contribution >= 0.6 is 0 Å². The minimum Gasteiger partial charge on any atom is -0.381 e. The third-order valence-corrected chi connectivity index (χ3v) is 8.20. The number of Topliss-reactive ketones (excluding diaryl/α,β-unsaturated/α-hetero) is 1. The molecule has 40 heavy (non-hydrogen) atoms. The van der Waals surface area contributed by atoms with Crippen LogP contribution in [0.2, 0.25) is 0 Å². The van der Waals surface area contributed by atoms with Gasteiger partial charge in [-0.05, 0) is 62.3 Å². The van der Waals surface area contributed by atoms with E-state index >= 15 is 0 Å². The minimum atomic E-state index is -0.894. The fourth-order valence-electron chi connectivity index (χ4n) is 5.91. The van der Waals surface area contributed by atoms with Gasteiger partial charge in [0.2, 0.25) is 5.95 Å². The molecular formula is C31H31N7O2. The Balaban J connectivity index is 1.36. The summed E-state index contributed by atoms with van der Waals surface area (Å²) in [6.45, 7) is 5.82. The van der Waals surface area contributed by atoms with Crippen molar-refractivity contribution in [3.05, 3.63) is 87.8 Å². The number of rotatable bonds is 5. The van der Waals surface area contributed by atoms with E-state index in [-0.39, 0.29) is 11.3 Å². The van der Waals surface area contributed by atoms with Crippen LogP contribution in [-0.2, 0) is 6.42 Å². The summed E-state index contributed by atoms with van der Waals surface area (Å²) in [7, 11) is 2.13. The number of benzene rings is 2. The molecule has 9 heteroatoms. The van der Waals surface area contributed by atoms with Crippen molar-refractivity contribution in [3.63, 3.8) is 0 Å². The van der Waals surface area contributed by atoms with Gasteiger partial charge >= 0.3 is 0 Å². The number of carbonyl (C=O) groups excluding carboxylic acids is 1. The molecule has 0 spiro atoms. The number of hydrogen-bond donors (Lipinski definition) is 2. The fourth-order valence-corrected chi connectivity index (χ4v) is 5.91. The van der Waals surface area contributed by atoms with Gasteiger partial charge in [0.15, 0.2) is 5.78 Å². The molecule has 9 nitrogen and oxygen atoms in total. The first-order valence-corrected chi connectivity index (χ1v) is 13.5. The van der Waals surface area contributed by atoms with Crippen molar-refractivity contribution in [2.24, 2.45) is 5.41 Å². The molecule has 1 aliphatic heterocycles. The number of fused-ring (bicyclic) bond motifs is 2. The number of aromatic nitrogens is 3. The third-order valence-electron chi connectivity index (χ3n) is 8.20. The van der Waals surface area contributed by atoms with Crippen LogP contribution in [0.25, 0.3) is 11.0 Å². The van der Waals surface area contributed by atoms with Gasteiger partial charge in [-0.1, -0.05) is 38.1 Å². The molecule has 2 aliphatic rings. The molecule has 202 valence electrons. The van der Waals surface area contributed by atoms with E-state index in [1.165, 1.54) is 10.6 Å². The van der Waals surface area contributed by atoms with Crippen molar-refractivity contribution in [2.45, 2.75) is 38.8 Å². The van der Waals surface area contributed by atoms with Crippen LogP contribution in [0.4, 0.5) is 17.3 Å². The van der Waals surface area contributed by atoms with E-state index in [9.17, 15) is 14.9 Å². The summed E-state index contributed by atoms with van der Waals surface area (Å²) in [6.07, 6.45) is 3.20. The van der Waals surface area contributed by atoms with Crippen molar-refractivity contribution >= 4 is 34.1 Å². The molecule has 0 bridgehead atoms. The van der Waals surface area contributed by atoms with Crippen LogP contribution in [-0.4, -0.2) is 51.4 Å². The van der Waals surface area contributed by atoms with Gasteiger partial charge < -0.3 is 15.5 Å². The van der Waals surface area contributed by atoms with E-state index in [2.05, 4.69) is 27.6 Å². The highest BCUT2D eigenvalue weighted by molar-refractivity contribution is 6.03. The summed E-state index contributed by atoms with van der Waals surface area (Å²) in [5.41, 5.74) is 2.43. The fraction of sp³-hybridized carbons (Fsp3) is 0.323. The Morgan fingerprint density at radius 2 is 1.82 bits per heavy atom. The first-order valence-electron chi connectivity index (χ1n) is 13.5. The smallest absolute Gasteiger partial charge is 0.270 e. The number of anilines is 3. The maximum Gasteiger partial charge on any atom is 0.270 e. The highest BCUT2D eigenvalue weighted by atomic mass is 16.1. The van der Waals surface area contributed by atoms with E-state index in [1.807, 2.05) is 68.4 Å². The number of likely N-dealkylation sites (N-methyl/N-ethyl adjacent to an activating group) is 1. The number of pyridine rings is 1. The van der Waals surface area contributed by atoms with E-state index in [4.69, 9.17) is 4.98 Å². The Hall–Kier alpha value is -4.55. The average molecular weight is 534 g/mol. The second-order valence-electron chi connectivity index (χ2n) is 11.3. The first kappa shape index (κ1) is 25.7. The lowest BCUT2D eigenvalue weighted by Gasteiger charge is -2.39. The number of hydrogen-bond acceptors (Lipinski definition) is 8. The first-order chi connectivity index (χ1) is 19.2. The van der Waals surface area contributed by atoms with Crippen LogP contribution in [0.5, 0.6) is 0 Å². The maximum absolute atomic E-state index is 13.6. The van der Waals surface area contributed by atoms with Crippen molar-refractivity contribution in [3.8, 4) is 6.07 Å². The van der Waals surface area contributed by atoms with Crippen LogP contribution in [0.15, 0.2) is 65.6 Å². The van der Waals surface area contributed by atoms with Crippen molar-refractivity contribution in [2.75, 3.05) is 30.8 Å². The zero-order chi connectivity index (χ0) is 28.0. The monoisotopic (exact) mass is 533 g/mol. The quantitative estimate of drug-likeness (QED) is 0.385. The predicted molar refractivity (Wildman–Crippen MR) is 155 cm³/mol. The zero-order valence-corrected chi connectivity index (χ0v) is 22.8. The minimum absolute atomic E-state index is 0.00420. The number of ketones is 1. The van der Waals surface area contributed by atoms with Gasteiger partial charge in [0.25, 0.3) is 5.56 Å². The molecule has 0 saturated carbocycles. The van der Waals surface area contributed by atoms with Gasteiger partial charge in [-0.2, -0.15) is 10.2 Å². The Bertz CT molecular complexity index is 1720. The lowest BCUT2D eigenvalue weighted by molar-refractivity contribution is 0.0724. The van der Waals surface area contributed by atoms with Crippen LogP contribution in [0.3, 0.4) is 0 Å². The summed E-state index contributed by atoms with van der Waals surface area (Å²) in [6, 6.07) is 18.9. The maximum atomic E-state index is 13.6. The van der Waals surface area contributed by atoms with Crippen molar-refractivity contribution in [1.29, 1.82) is 5.26 Å². The van der Waals surface area contributed by atoms with Gasteiger partial charge in [0.05, 0.1) is 6.04 Å². The number of carbonyl (C=O) groups is 1. The SMILES string of the molecule is CN1CCC(Nc2ccc(Nc3ncc4cc(C#N)c(=O)n(C5Cc6ccccc6C(=O)C5(C)C)c4n3)cc2)C1. The average Bonchev–Trinajstić information content (AvgIpc) is 3.36. The van der Waals surface area contributed by atoms with E-state index in [0.717, 1.165) is 36.4 Å². The molecule has 1 fully saturated rings. The molecule has 3 heterocycles. The Morgan fingerprint density at radius 3 is 2.55 bits per heavy atom. The topological polar surface area (TPSA) is 116 Å². The normalized spacial score (nSPS) is 20.2. The Labute approximate surface area is 232 Å². The molecule has 1 saturated heterocycles. The van der Waals surface area contributed by atoms with Crippen molar-refractivity contribution in [1.82, 2.24) is 19.4 Å². The van der Waals surface area contributed by atoms with Gasteiger partial charge in [0, 0.05) is 46.5 Å². The Kier molecular flexibility index (Phi) is 6.35. The molecule has 2 unspecified atom stereocenters. The molecule has 2 atom stereocenters. The lowest BCUT2D eigenvalue weighted by Crippen LogP contribution is -2.44. The number of nitrogens with zero attached hydrogens (tertiary/aromatic N) is 5. The third kappa shape index (κ3) is 4.50. The summed E-state index contributed by atoms with van der Waals surface area (Å²) in [5.74, 6) is 0.288. The lowest BCUT2D eigenvalue weighted by atomic mass is 9.69. The van der Waals surface area contributed by atoms with Gasteiger partial charge in [0.1, 0.15) is 17.3 Å². The van der Waals surface area contributed by atoms with Crippen LogP contribution in [0, 0.1) is 16.7 Å². The summed E-state index contributed by atoms with van der Waals surface area (Å²) < 4.78 is 1.53. The summed E-state index contributed by atoms with van der Waals surface area (Å²) in [4.78, 5) is 38.7. The van der Waals surface area contributed by atoms with Crippen LogP contribution < -0.4 is 16.2 Å². The highest BCUT2D eigenvalue weighted by Crippen LogP contribution is 2.43. The van der Waals surface area contributed by atoms with Crippen LogP contribution in [0.1, 0.15) is 47.8 Å². The molecule has 2 aromatic heterocycles. The predicted octanol–water partition coefficient (Wildman–Crippen LogP) is 4.53. The van der Waals surface area contributed by atoms with Gasteiger partial charge in [-0.15, -0.1) is 0 Å². The molecule has 4 aromatic rings. The standard InChI is InChI=1S/C31H31N7O2/c1-31(2)26(15-19-6-4-5-7-25(19)27(31)39)38-28-21(14-20(16-32)29(38)40)17-33-30(36-28)35-23-10-8-22(9-11-23)34-24-12-13-37(3)18-24/h4-11,14,17,24,26,34H,12-13,15,18H2,1-3H3,(H,33,35,36). The molecule has 2 N–H and O–H groups in total. The van der Waals surface area contributed by atoms with E-state index < -0.39 is 17.0 Å². The second kappa shape index (κ2) is 9.88. The molecule has 6 rings (SSSR count). The van der Waals surface area contributed by atoms with Gasteiger partial charge in [-0.25, -0.2) is 4.98 Å². The molecule has 0 amide bonds. The highest BCUT2D eigenvalue weighted by Gasteiger charge is 2.44. The molecular weight excluding hydrogens is 502 g/mol. The Morgan fingerprint density at radius 1 is 1.07 bits per heavy atom. The number of nitrogens with one attached hydrogen (secondary N) is 2. The second-order valence-corrected chi connectivity index (χ2v) is 11.3. The van der Waals surface area contributed by atoms with Gasteiger partial charge in [-0.3, -0.25) is 14.2 Å². The van der Waals surface area contributed by atoms with E-state index in [0.29, 0.717) is 35.0 Å². The largest absolute Gasteiger partial charge is 0.381 e. The summed E-state index contributed by atoms with van der Waals surface area (Å²) in [5, 5.41) is 17.1. The summed E-state index contributed by atoms with van der Waals surface area (Å²) >= 11 is 0. The molecule has 2 aromatic carbocycles. The molecule has 1 aliphatic carbocycles. The molecule has 0 radical (unpaired) electrons.